The van der Waals surface area contributed by atoms with Crippen LogP contribution in [0.3, 0.4) is 0 Å². The van der Waals surface area contributed by atoms with Crippen molar-refractivity contribution in [1.82, 2.24) is 5.32 Å². The predicted molar refractivity (Wildman–Crippen MR) is 39.8 cm³/mol. The number of allylic oxidation sites excluding steroid dienone is 5. The molecule has 0 spiro atoms. The number of nitrogens with one attached hydrogen (secondary N) is 1. The topological polar surface area (TPSA) is 29.1 Å². The summed E-state index contributed by atoms with van der Waals surface area (Å²) in [5.74, 6) is 1.67. The molecule has 1 heterocycles. The minimum atomic E-state index is 0.894. The molecule has 1 rings (SSSR count). The largest absolute Gasteiger partial charge is 0.362 e. The van der Waals surface area contributed by atoms with Crippen LogP contribution in [0.1, 0.15) is 0 Å². The summed E-state index contributed by atoms with van der Waals surface area (Å²) in [6.07, 6.45) is 10.4. The fourth-order valence-electron chi connectivity index (χ4n) is 0.635. The summed E-state index contributed by atoms with van der Waals surface area (Å²) >= 11 is 0. The molecule has 0 radical (unpaired) electrons. The van der Waals surface area contributed by atoms with Gasteiger partial charge in [-0.15, -0.1) is 0 Å². The average Bonchev–Trinajstić information content (AvgIpc) is 2.03. The van der Waals surface area contributed by atoms with Crippen LogP contribution in [0.4, 0.5) is 0 Å². The summed E-state index contributed by atoms with van der Waals surface area (Å²) in [7, 11) is 0. The van der Waals surface area contributed by atoms with Crippen molar-refractivity contribution in [2.24, 2.45) is 0 Å². The van der Waals surface area contributed by atoms with Crippen LogP contribution in [-0.4, -0.2) is 5.94 Å². The van der Waals surface area contributed by atoms with Crippen molar-refractivity contribution in [2.75, 3.05) is 0 Å². The van der Waals surface area contributed by atoms with E-state index in [-0.39, 0.29) is 0 Å². The molecule has 0 aromatic heterocycles. The van der Waals surface area contributed by atoms with Gasteiger partial charge in [0.15, 0.2) is 0 Å². The summed E-state index contributed by atoms with van der Waals surface area (Å²) in [5.41, 5.74) is 0.894. The molecule has 0 fully saturated rings. The third kappa shape index (κ3) is 1.77. The van der Waals surface area contributed by atoms with E-state index < -0.39 is 0 Å². The highest BCUT2D eigenvalue weighted by Crippen LogP contribution is 1.96. The zero-order chi connectivity index (χ0) is 7.23. The minimum absolute atomic E-state index is 0.894. The molecule has 2 nitrogen and oxygen atoms in total. The molecule has 0 bridgehead atoms. The van der Waals surface area contributed by atoms with Gasteiger partial charge in [0.25, 0.3) is 0 Å². The molecule has 2 heteroatoms. The molecule has 0 aliphatic carbocycles. The van der Waals surface area contributed by atoms with E-state index in [1.807, 2.05) is 18.2 Å². The Hall–Kier alpha value is -1.53. The van der Waals surface area contributed by atoms with Crippen molar-refractivity contribution in [3.8, 4) is 0 Å². The van der Waals surface area contributed by atoms with Crippen LogP contribution in [0, 0.1) is 0 Å². The van der Waals surface area contributed by atoms with E-state index in [1.54, 1.807) is 18.2 Å². The lowest BCUT2D eigenvalue weighted by Crippen LogP contribution is -2.03. The summed E-state index contributed by atoms with van der Waals surface area (Å²) in [5, 5.41) is 2.94. The highest BCUT2D eigenvalue weighted by atomic mass is 16.1. The molecule has 0 unspecified atom stereocenters. The third-order valence-corrected chi connectivity index (χ3v) is 1.06. The summed E-state index contributed by atoms with van der Waals surface area (Å²) < 4.78 is 0. The Labute approximate surface area is 59.2 Å². The molecule has 0 aromatic rings. The smallest absolute Gasteiger partial charge is 0.124 e. The number of hydrogen-bond donors (Lipinski definition) is 1. The van der Waals surface area contributed by atoms with Gasteiger partial charge in [0, 0.05) is 18.0 Å². The van der Waals surface area contributed by atoms with Gasteiger partial charge in [0.1, 0.15) is 5.94 Å². The summed E-state index contributed by atoms with van der Waals surface area (Å²) in [6.45, 7) is 0. The van der Waals surface area contributed by atoms with Crippen molar-refractivity contribution in [2.45, 2.75) is 0 Å². The number of rotatable bonds is 1. The second-order valence-electron chi connectivity index (χ2n) is 1.77. The Morgan fingerprint density at radius 2 is 2.40 bits per heavy atom. The molecule has 0 aromatic carbocycles. The van der Waals surface area contributed by atoms with E-state index in [4.69, 9.17) is 0 Å². The molecular formula is C8H7NO. The van der Waals surface area contributed by atoms with Gasteiger partial charge in [-0.2, -0.15) is 0 Å². The lowest BCUT2D eigenvalue weighted by Gasteiger charge is -2.01. The Morgan fingerprint density at radius 3 is 3.00 bits per heavy atom. The van der Waals surface area contributed by atoms with E-state index in [2.05, 4.69) is 5.32 Å². The third-order valence-electron chi connectivity index (χ3n) is 1.06. The van der Waals surface area contributed by atoms with Gasteiger partial charge in [-0.25, -0.2) is 4.79 Å². The van der Waals surface area contributed by atoms with Crippen LogP contribution >= 0.6 is 0 Å². The molecule has 50 valence electrons. The van der Waals surface area contributed by atoms with Crippen LogP contribution in [0.25, 0.3) is 0 Å². The molecular weight excluding hydrogens is 126 g/mol. The molecule has 0 saturated carbocycles. The average molecular weight is 133 g/mol. The van der Waals surface area contributed by atoms with E-state index >= 15 is 0 Å². The quantitative estimate of drug-likeness (QED) is 0.539. The van der Waals surface area contributed by atoms with Crippen LogP contribution in [-0.2, 0) is 4.79 Å². The highest BCUT2D eigenvalue weighted by molar-refractivity contribution is 5.50. The van der Waals surface area contributed by atoms with Crippen LogP contribution < -0.4 is 5.32 Å². The normalized spacial score (nSPS) is 18.2. The van der Waals surface area contributed by atoms with Crippen LogP contribution in [0.2, 0.25) is 0 Å². The van der Waals surface area contributed by atoms with Gasteiger partial charge in [-0.1, -0.05) is 6.08 Å². The first-order valence-corrected chi connectivity index (χ1v) is 2.94. The first-order valence-electron chi connectivity index (χ1n) is 2.94. The zero-order valence-electron chi connectivity index (χ0n) is 5.37. The van der Waals surface area contributed by atoms with Gasteiger partial charge < -0.3 is 5.32 Å². The zero-order valence-corrected chi connectivity index (χ0v) is 5.37. The van der Waals surface area contributed by atoms with Crippen molar-refractivity contribution in [1.29, 1.82) is 0 Å². The second kappa shape index (κ2) is 3.49. The van der Waals surface area contributed by atoms with Crippen LogP contribution in [0.15, 0.2) is 42.3 Å². The Morgan fingerprint density at radius 1 is 1.50 bits per heavy atom. The molecule has 0 saturated heterocycles. The molecule has 0 atom stereocenters. The number of dihydropyridines is 1. The van der Waals surface area contributed by atoms with Crippen molar-refractivity contribution in [3.63, 3.8) is 0 Å². The summed E-state index contributed by atoms with van der Waals surface area (Å²) in [6, 6.07) is 0. The van der Waals surface area contributed by atoms with Crippen LogP contribution in [0.5, 0.6) is 0 Å². The number of hydrogen-bond acceptors (Lipinski definition) is 2. The maximum Gasteiger partial charge on any atom is 0.124 e. The van der Waals surface area contributed by atoms with E-state index in [0.29, 0.717) is 0 Å². The van der Waals surface area contributed by atoms with Gasteiger partial charge in [0.05, 0.1) is 0 Å². The van der Waals surface area contributed by atoms with Crippen molar-refractivity contribution < 1.29 is 4.79 Å². The monoisotopic (exact) mass is 133 g/mol. The minimum Gasteiger partial charge on any atom is -0.362 e. The molecule has 10 heavy (non-hydrogen) atoms. The van der Waals surface area contributed by atoms with Gasteiger partial charge in [-0.3, -0.25) is 0 Å². The maximum atomic E-state index is 9.75. The highest BCUT2D eigenvalue weighted by Gasteiger charge is 1.87. The molecule has 1 aliphatic heterocycles. The fourth-order valence-corrected chi connectivity index (χ4v) is 0.635. The predicted octanol–water partition coefficient (Wildman–Crippen LogP) is 0.931. The standard InChI is InChI=1S/C8H7NO/c10-7-3-5-8-4-1-2-6-9-8/h1-6,9H/b8-5-. The van der Waals surface area contributed by atoms with Crippen molar-refractivity contribution >= 4 is 5.94 Å². The number of carbonyl (C=O) groups excluding carboxylic acids is 1. The van der Waals surface area contributed by atoms with Gasteiger partial charge >= 0.3 is 0 Å². The lowest BCUT2D eigenvalue weighted by atomic mass is 10.3. The van der Waals surface area contributed by atoms with Gasteiger partial charge in [0.2, 0.25) is 0 Å². The Kier molecular flexibility index (Phi) is 2.30. The Bertz CT molecular complexity index is 242. The second-order valence-corrected chi connectivity index (χ2v) is 1.77. The van der Waals surface area contributed by atoms with E-state index in [9.17, 15) is 4.79 Å². The molecule has 0 amide bonds. The van der Waals surface area contributed by atoms with Gasteiger partial charge in [-0.05, 0) is 18.2 Å². The summed E-state index contributed by atoms with van der Waals surface area (Å²) in [4.78, 5) is 9.75. The fraction of sp³-hybridized carbons (Fsp3) is 0. The molecule has 1 aliphatic rings. The lowest BCUT2D eigenvalue weighted by molar-refractivity contribution is 0.569. The van der Waals surface area contributed by atoms with E-state index in [0.717, 1.165) is 5.70 Å². The SMILES string of the molecule is O=C=C/C=C1/C=CC=CN1. The maximum absolute atomic E-state index is 9.75. The van der Waals surface area contributed by atoms with Crippen molar-refractivity contribution in [3.05, 3.63) is 42.3 Å². The van der Waals surface area contributed by atoms with E-state index in [1.165, 1.54) is 6.08 Å². The molecule has 1 N–H and O–H groups in total. The first kappa shape index (κ1) is 6.59. The first-order chi connectivity index (χ1) is 4.93. The Balaban J connectivity index is 2.66.